The molecule has 0 saturated heterocycles. The molecule has 2 aromatic heterocycles. The first-order chi connectivity index (χ1) is 16.7. The van der Waals surface area contributed by atoms with Crippen LogP contribution in [0.5, 0.6) is 11.5 Å². The van der Waals surface area contributed by atoms with Crippen LogP contribution in [0.2, 0.25) is 0 Å². The molecule has 0 atom stereocenters. The normalized spacial score (nSPS) is 11.0. The van der Waals surface area contributed by atoms with Gasteiger partial charge in [-0.15, -0.1) is 0 Å². The number of nitrogens with one attached hydrogen (secondary N) is 2. The summed E-state index contributed by atoms with van der Waals surface area (Å²) in [5.41, 5.74) is 4.87. The SMILES string of the molecule is COc1ccc(CCNC(=O)c2cc3c([nH]c4ccccc43)c(-c3ccccc3OC)n2)cc1. The van der Waals surface area contributed by atoms with Gasteiger partial charge in [0.1, 0.15) is 17.2 Å². The van der Waals surface area contributed by atoms with Gasteiger partial charge in [-0.05, 0) is 48.4 Å². The van der Waals surface area contributed by atoms with E-state index < -0.39 is 0 Å². The van der Waals surface area contributed by atoms with Crippen LogP contribution in [0, 0.1) is 0 Å². The fourth-order valence-corrected chi connectivity index (χ4v) is 4.20. The predicted octanol–water partition coefficient (Wildman–Crippen LogP) is 5.37. The molecule has 0 fully saturated rings. The van der Waals surface area contributed by atoms with Gasteiger partial charge in [-0.2, -0.15) is 0 Å². The summed E-state index contributed by atoms with van der Waals surface area (Å²) in [5, 5.41) is 5.01. The monoisotopic (exact) mass is 451 g/mol. The average molecular weight is 452 g/mol. The topological polar surface area (TPSA) is 76.2 Å². The van der Waals surface area contributed by atoms with E-state index in [1.807, 2.05) is 78.9 Å². The third kappa shape index (κ3) is 4.06. The number of carbonyl (C=O) groups is 1. The Morgan fingerprint density at radius 1 is 0.912 bits per heavy atom. The predicted molar refractivity (Wildman–Crippen MR) is 135 cm³/mol. The maximum Gasteiger partial charge on any atom is 0.269 e. The van der Waals surface area contributed by atoms with Crippen molar-refractivity contribution in [3.05, 3.63) is 90.1 Å². The summed E-state index contributed by atoms with van der Waals surface area (Å²) in [6.07, 6.45) is 0.713. The zero-order valence-electron chi connectivity index (χ0n) is 19.1. The summed E-state index contributed by atoms with van der Waals surface area (Å²) in [4.78, 5) is 21.4. The number of aromatic amines is 1. The molecule has 5 rings (SSSR count). The van der Waals surface area contributed by atoms with Crippen LogP contribution in [-0.2, 0) is 6.42 Å². The van der Waals surface area contributed by atoms with E-state index in [4.69, 9.17) is 14.5 Å². The van der Waals surface area contributed by atoms with Crippen LogP contribution in [0.4, 0.5) is 0 Å². The van der Waals surface area contributed by atoms with Crippen molar-refractivity contribution in [2.45, 2.75) is 6.42 Å². The number of para-hydroxylation sites is 2. The summed E-state index contributed by atoms with van der Waals surface area (Å²) in [6.45, 7) is 0.503. The first-order valence-electron chi connectivity index (χ1n) is 11.1. The molecule has 6 heteroatoms. The molecule has 0 aliphatic carbocycles. The number of pyridine rings is 1. The highest BCUT2D eigenvalue weighted by molar-refractivity contribution is 6.13. The number of aromatic nitrogens is 2. The second-order valence-electron chi connectivity index (χ2n) is 8.00. The van der Waals surface area contributed by atoms with Gasteiger partial charge in [0.25, 0.3) is 5.91 Å². The minimum Gasteiger partial charge on any atom is -0.497 e. The van der Waals surface area contributed by atoms with Crippen LogP contribution in [0.1, 0.15) is 16.1 Å². The number of amides is 1. The number of hydrogen-bond acceptors (Lipinski definition) is 4. The molecule has 34 heavy (non-hydrogen) atoms. The van der Waals surface area contributed by atoms with Crippen LogP contribution < -0.4 is 14.8 Å². The number of benzene rings is 3. The molecule has 2 heterocycles. The maximum atomic E-state index is 13.1. The van der Waals surface area contributed by atoms with E-state index in [1.54, 1.807) is 14.2 Å². The Kier molecular flexibility index (Phi) is 5.87. The van der Waals surface area contributed by atoms with Crippen LogP contribution in [0.3, 0.4) is 0 Å². The summed E-state index contributed by atoms with van der Waals surface area (Å²) in [7, 11) is 3.28. The molecule has 0 aliphatic heterocycles. The Labute approximate surface area is 197 Å². The number of carbonyl (C=O) groups excluding carboxylic acids is 1. The third-order valence-corrected chi connectivity index (χ3v) is 5.95. The van der Waals surface area contributed by atoms with E-state index in [0.29, 0.717) is 30.1 Å². The second-order valence-corrected chi connectivity index (χ2v) is 8.00. The largest absolute Gasteiger partial charge is 0.497 e. The standard InChI is InChI=1S/C28H25N3O3/c1-33-19-13-11-18(12-14-19)15-16-29-28(32)24-17-22-20-7-3-5-9-23(20)30-27(22)26(31-24)21-8-4-6-10-25(21)34-2/h3-14,17,30H,15-16H2,1-2H3,(H,29,32). The lowest BCUT2D eigenvalue weighted by Crippen LogP contribution is -2.26. The van der Waals surface area contributed by atoms with Crippen LogP contribution in [0.25, 0.3) is 33.1 Å². The Morgan fingerprint density at radius 3 is 2.47 bits per heavy atom. The van der Waals surface area contributed by atoms with Crippen LogP contribution >= 0.6 is 0 Å². The van der Waals surface area contributed by atoms with Crippen molar-refractivity contribution in [3.63, 3.8) is 0 Å². The smallest absolute Gasteiger partial charge is 0.269 e. The highest BCUT2D eigenvalue weighted by Gasteiger charge is 2.19. The van der Waals surface area contributed by atoms with E-state index in [1.165, 1.54) is 0 Å². The van der Waals surface area contributed by atoms with Crippen molar-refractivity contribution in [1.82, 2.24) is 15.3 Å². The molecule has 1 amide bonds. The number of H-pyrrole nitrogens is 1. The van der Waals surface area contributed by atoms with Gasteiger partial charge in [-0.1, -0.05) is 42.5 Å². The summed E-state index contributed by atoms with van der Waals surface area (Å²) in [5.74, 6) is 1.30. The number of ether oxygens (including phenoxy) is 2. The number of fused-ring (bicyclic) bond motifs is 3. The van der Waals surface area contributed by atoms with Crippen molar-refractivity contribution in [3.8, 4) is 22.8 Å². The molecule has 0 aliphatic rings. The van der Waals surface area contributed by atoms with Gasteiger partial charge < -0.3 is 19.8 Å². The van der Waals surface area contributed by atoms with Gasteiger partial charge in [0, 0.05) is 28.4 Å². The lowest BCUT2D eigenvalue weighted by molar-refractivity contribution is 0.0949. The second kappa shape index (κ2) is 9.27. The minimum absolute atomic E-state index is 0.211. The Morgan fingerprint density at radius 2 is 1.68 bits per heavy atom. The minimum atomic E-state index is -0.211. The highest BCUT2D eigenvalue weighted by atomic mass is 16.5. The molecule has 0 spiro atoms. The summed E-state index contributed by atoms with van der Waals surface area (Å²) in [6, 6.07) is 25.5. The van der Waals surface area contributed by atoms with E-state index >= 15 is 0 Å². The fourth-order valence-electron chi connectivity index (χ4n) is 4.20. The third-order valence-electron chi connectivity index (χ3n) is 5.95. The van der Waals surface area contributed by atoms with Gasteiger partial charge in [-0.25, -0.2) is 4.98 Å². The first kappa shape index (κ1) is 21.5. The molecule has 0 saturated carbocycles. The van der Waals surface area contributed by atoms with Crippen molar-refractivity contribution in [2.75, 3.05) is 20.8 Å². The molecule has 0 bridgehead atoms. The summed E-state index contributed by atoms with van der Waals surface area (Å²) >= 11 is 0. The molecule has 2 N–H and O–H groups in total. The van der Waals surface area contributed by atoms with Crippen LogP contribution in [-0.4, -0.2) is 36.6 Å². The van der Waals surface area contributed by atoms with Crippen molar-refractivity contribution < 1.29 is 14.3 Å². The summed E-state index contributed by atoms with van der Waals surface area (Å²) < 4.78 is 10.8. The van der Waals surface area contributed by atoms with Crippen molar-refractivity contribution in [1.29, 1.82) is 0 Å². The number of nitrogens with zero attached hydrogens (tertiary/aromatic N) is 1. The molecular weight excluding hydrogens is 426 g/mol. The van der Waals surface area contributed by atoms with Gasteiger partial charge >= 0.3 is 0 Å². The Balaban J connectivity index is 1.50. The van der Waals surface area contributed by atoms with Gasteiger partial charge in [0.15, 0.2) is 0 Å². The van der Waals surface area contributed by atoms with Crippen molar-refractivity contribution in [2.24, 2.45) is 0 Å². The van der Waals surface area contributed by atoms with Gasteiger partial charge in [0.05, 0.1) is 25.4 Å². The zero-order chi connectivity index (χ0) is 23.5. The number of hydrogen-bond donors (Lipinski definition) is 2. The maximum absolute atomic E-state index is 13.1. The first-order valence-corrected chi connectivity index (χ1v) is 11.1. The van der Waals surface area contributed by atoms with Crippen molar-refractivity contribution >= 4 is 27.7 Å². The molecule has 0 unspecified atom stereocenters. The molecule has 3 aromatic carbocycles. The lowest BCUT2D eigenvalue weighted by Gasteiger charge is -2.11. The molecule has 5 aromatic rings. The molecular formula is C28H25N3O3. The zero-order valence-corrected chi connectivity index (χ0v) is 19.1. The Bertz CT molecular complexity index is 1470. The molecule has 0 radical (unpaired) electrons. The van der Waals surface area contributed by atoms with Gasteiger partial charge in [0.2, 0.25) is 0 Å². The quantitative estimate of drug-likeness (QED) is 0.349. The molecule has 6 nitrogen and oxygen atoms in total. The van der Waals surface area contributed by atoms with E-state index in [0.717, 1.165) is 38.7 Å². The lowest BCUT2D eigenvalue weighted by atomic mass is 10.1. The Hall–Kier alpha value is -4.32. The highest BCUT2D eigenvalue weighted by Crippen LogP contribution is 2.36. The van der Waals surface area contributed by atoms with Crippen LogP contribution in [0.15, 0.2) is 78.9 Å². The van der Waals surface area contributed by atoms with Gasteiger partial charge in [-0.3, -0.25) is 4.79 Å². The van der Waals surface area contributed by atoms with E-state index in [-0.39, 0.29) is 5.91 Å². The average Bonchev–Trinajstić information content (AvgIpc) is 3.27. The fraction of sp³-hybridized carbons (Fsp3) is 0.143. The number of methoxy groups -OCH3 is 2. The molecule has 170 valence electrons. The number of rotatable bonds is 7. The van der Waals surface area contributed by atoms with E-state index in [9.17, 15) is 4.79 Å². The van der Waals surface area contributed by atoms with E-state index in [2.05, 4.69) is 10.3 Å².